The first-order valence-corrected chi connectivity index (χ1v) is 7.06. The molecular weight excluding hydrogens is 346 g/mol. The number of nitrogens with one attached hydrogen (secondary N) is 1. The summed E-state index contributed by atoms with van der Waals surface area (Å²) >= 11 is 4.40. The van der Waals surface area contributed by atoms with E-state index in [0.29, 0.717) is 14.9 Å². The third-order valence-corrected chi connectivity index (χ3v) is 3.83. The first-order chi connectivity index (χ1) is 9.58. The SMILES string of the molecule is O=C(N/N=C\c1ccc(Br)c([N+](=O)[O-])c1)c1cccs1. The van der Waals surface area contributed by atoms with Crippen molar-refractivity contribution in [1.82, 2.24) is 5.43 Å². The minimum absolute atomic E-state index is 0.0569. The molecule has 2 aromatic rings. The number of rotatable bonds is 4. The molecule has 1 aromatic carbocycles. The van der Waals surface area contributed by atoms with Gasteiger partial charge in [-0.1, -0.05) is 12.1 Å². The molecule has 1 aromatic heterocycles. The monoisotopic (exact) mass is 353 g/mol. The summed E-state index contributed by atoms with van der Waals surface area (Å²) in [5.41, 5.74) is 2.82. The second-order valence-electron chi connectivity index (χ2n) is 3.64. The molecule has 6 nitrogen and oxygen atoms in total. The highest BCUT2D eigenvalue weighted by atomic mass is 79.9. The number of nitro groups is 1. The van der Waals surface area contributed by atoms with Gasteiger partial charge in [0, 0.05) is 11.6 Å². The van der Waals surface area contributed by atoms with Crippen molar-refractivity contribution in [2.75, 3.05) is 0 Å². The molecule has 1 N–H and O–H groups in total. The van der Waals surface area contributed by atoms with Crippen LogP contribution in [0.5, 0.6) is 0 Å². The van der Waals surface area contributed by atoms with E-state index in [0.717, 1.165) is 0 Å². The van der Waals surface area contributed by atoms with Crippen molar-refractivity contribution in [1.29, 1.82) is 0 Å². The lowest BCUT2D eigenvalue weighted by Gasteiger charge is -1.98. The number of thiophene rings is 1. The van der Waals surface area contributed by atoms with E-state index >= 15 is 0 Å². The molecule has 20 heavy (non-hydrogen) atoms. The summed E-state index contributed by atoms with van der Waals surface area (Å²) in [5.74, 6) is -0.317. The fraction of sp³-hybridized carbons (Fsp3) is 0. The highest BCUT2D eigenvalue weighted by Gasteiger charge is 2.11. The normalized spacial score (nSPS) is 10.7. The number of nitrogens with zero attached hydrogens (tertiary/aromatic N) is 2. The molecule has 0 atom stereocenters. The third-order valence-electron chi connectivity index (χ3n) is 2.29. The lowest BCUT2D eigenvalue weighted by molar-refractivity contribution is -0.385. The minimum Gasteiger partial charge on any atom is -0.266 e. The summed E-state index contributed by atoms with van der Waals surface area (Å²) < 4.78 is 0.391. The van der Waals surface area contributed by atoms with Crippen LogP contribution in [-0.4, -0.2) is 17.0 Å². The molecule has 0 bridgehead atoms. The number of benzene rings is 1. The van der Waals surface area contributed by atoms with E-state index in [2.05, 4.69) is 26.5 Å². The van der Waals surface area contributed by atoms with E-state index in [4.69, 9.17) is 0 Å². The van der Waals surface area contributed by atoms with Crippen molar-refractivity contribution in [2.24, 2.45) is 5.10 Å². The molecule has 0 fully saturated rings. The van der Waals surface area contributed by atoms with Crippen LogP contribution in [0.2, 0.25) is 0 Å². The Hall–Kier alpha value is -2.06. The van der Waals surface area contributed by atoms with Gasteiger partial charge in [0.2, 0.25) is 0 Å². The molecule has 0 aliphatic rings. The predicted octanol–water partition coefficient (Wildman–Crippen LogP) is 3.18. The van der Waals surface area contributed by atoms with Gasteiger partial charge in [-0.15, -0.1) is 11.3 Å². The Balaban J connectivity index is 2.07. The summed E-state index contributed by atoms with van der Waals surface area (Å²) in [6.45, 7) is 0. The van der Waals surface area contributed by atoms with E-state index < -0.39 is 4.92 Å². The number of carbonyl (C=O) groups is 1. The van der Waals surface area contributed by atoms with Crippen molar-refractivity contribution in [3.05, 3.63) is 60.7 Å². The van der Waals surface area contributed by atoms with Crippen LogP contribution in [0.15, 0.2) is 45.3 Å². The van der Waals surface area contributed by atoms with E-state index in [1.165, 1.54) is 23.6 Å². The molecule has 0 saturated heterocycles. The first kappa shape index (κ1) is 14.4. The Morgan fingerprint density at radius 2 is 2.25 bits per heavy atom. The lowest BCUT2D eigenvalue weighted by Crippen LogP contribution is -2.16. The van der Waals surface area contributed by atoms with Gasteiger partial charge >= 0.3 is 0 Å². The number of carbonyl (C=O) groups excluding carboxylic acids is 1. The highest BCUT2D eigenvalue weighted by molar-refractivity contribution is 9.10. The highest BCUT2D eigenvalue weighted by Crippen LogP contribution is 2.24. The second-order valence-corrected chi connectivity index (χ2v) is 5.45. The molecule has 0 unspecified atom stereocenters. The van der Waals surface area contributed by atoms with Gasteiger partial charge in [-0.3, -0.25) is 14.9 Å². The Kier molecular flexibility index (Phi) is 4.59. The van der Waals surface area contributed by atoms with Crippen LogP contribution < -0.4 is 5.43 Å². The Morgan fingerprint density at radius 1 is 1.45 bits per heavy atom. The molecule has 1 heterocycles. The summed E-state index contributed by atoms with van der Waals surface area (Å²) in [5, 5.41) is 16.3. The van der Waals surface area contributed by atoms with Crippen LogP contribution >= 0.6 is 27.3 Å². The number of halogens is 1. The van der Waals surface area contributed by atoms with Gasteiger partial charge in [-0.25, -0.2) is 5.43 Å². The smallest absolute Gasteiger partial charge is 0.266 e. The largest absolute Gasteiger partial charge is 0.284 e. The predicted molar refractivity (Wildman–Crippen MR) is 80.2 cm³/mol. The van der Waals surface area contributed by atoms with Crippen LogP contribution in [-0.2, 0) is 0 Å². The van der Waals surface area contributed by atoms with Gasteiger partial charge in [-0.05, 0) is 33.4 Å². The summed E-state index contributed by atoms with van der Waals surface area (Å²) in [6, 6.07) is 8.02. The van der Waals surface area contributed by atoms with E-state index in [1.54, 1.807) is 29.6 Å². The van der Waals surface area contributed by atoms with Crippen LogP contribution in [0.1, 0.15) is 15.2 Å². The van der Waals surface area contributed by atoms with Crippen LogP contribution in [0.25, 0.3) is 0 Å². The Bertz CT molecular complexity index is 671. The fourth-order valence-electron chi connectivity index (χ4n) is 1.38. The molecule has 0 radical (unpaired) electrons. The minimum atomic E-state index is -0.494. The lowest BCUT2D eigenvalue weighted by atomic mass is 10.2. The molecule has 1 amide bonds. The number of hydrogen-bond acceptors (Lipinski definition) is 5. The Labute approximate surface area is 126 Å². The molecule has 0 saturated carbocycles. The Morgan fingerprint density at radius 3 is 2.90 bits per heavy atom. The molecule has 0 spiro atoms. The van der Waals surface area contributed by atoms with E-state index in [-0.39, 0.29) is 11.6 Å². The van der Waals surface area contributed by atoms with Gasteiger partial charge in [0.15, 0.2) is 0 Å². The maximum Gasteiger partial charge on any atom is 0.284 e. The molecule has 8 heteroatoms. The number of hydrogen-bond donors (Lipinski definition) is 1. The van der Waals surface area contributed by atoms with E-state index in [1.807, 2.05) is 0 Å². The van der Waals surface area contributed by atoms with Crippen molar-refractivity contribution >= 4 is 45.1 Å². The maximum atomic E-state index is 11.6. The van der Waals surface area contributed by atoms with Gasteiger partial charge < -0.3 is 0 Å². The van der Waals surface area contributed by atoms with Gasteiger partial charge in [0.25, 0.3) is 11.6 Å². The summed E-state index contributed by atoms with van der Waals surface area (Å²) in [6.07, 6.45) is 1.35. The van der Waals surface area contributed by atoms with E-state index in [9.17, 15) is 14.9 Å². The van der Waals surface area contributed by atoms with Crippen LogP contribution in [0.3, 0.4) is 0 Å². The number of hydrazone groups is 1. The van der Waals surface area contributed by atoms with Crippen LogP contribution in [0.4, 0.5) is 5.69 Å². The molecular formula is C12H8BrN3O3S. The zero-order valence-electron chi connectivity index (χ0n) is 9.95. The number of amides is 1. The van der Waals surface area contributed by atoms with Crippen molar-refractivity contribution in [2.45, 2.75) is 0 Å². The quantitative estimate of drug-likeness (QED) is 0.520. The van der Waals surface area contributed by atoms with Crippen molar-refractivity contribution < 1.29 is 9.72 Å². The maximum absolute atomic E-state index is 11.6. The topological polar surface area (TPSA) is 84.6 Å². The zero-order valence-corrected chi connectivity index (χ0v) is 12.3. The molecule has 0 aliphatic carbocycles. The van der Waals surface area contributed by atoms with Crippen molar-refractivity contribution in [3.8, 4) is 0 Å². The van der Waals surface area contributed by atoms with Crippen molar-refractivity contribution in [3.63, 3.8) is 0 Å². The molecule has 2 rings (SSSR count). The average Bonchev–Trinajstić information content (AvgIpc) is 2.94. The molecule has 102 valence electrons. The zero-order chi connectivity index (χ0) is 14.5. The van der Waals surface area contributed by atoms with Gasteiger partial charge in [-0.2, -0.15) is 5.10 Å². The summed E-state index contributed by atoms with van der Waals surface area (Å²) in [7, 11) is 0. The fourth-order valence-corrected chi connectivity index (χ4v) is 2.38. The standard InChI is InChI=1S/C12H8BrN3O3S/c13-9-4-3-8(6-10(9)16(18)19)7-14-15-12(17)11-2-1-5-20-11/h1-7H,(H,15,17)/b14-7-. The molecule has 0 aliphatic heterocycles. The van der Waals surface area contributed by atoms with Crippen LogP contribution in [0, 0.1) is 10.1 Å². The summed E-state index contributed by atoms with van der Waals surface area (Å²) in [4.78, 5) is 22.4. The van der Waals surface area contributed by atoms with Gasteiger partial charge in [0.05, 0.1) is 20.5 Å². The van der Waals surface area contributed by atoms with Gasteiger partial charge in [0.1, 0.15) is 0 Å². The average molecular weight is 354 g/mol. The number of nitro benzene ring substituents is 1. The second kappa shape index (κ2) is 6.40. The third kappa shape index (κ3) is 3.49. The first-order valence-electron chi connectivity index (χ1n) is 5.39.